The predicted octanol–water partition coefficient (Wildman–Crippen LogP) is -0.293. The van der Waals surface area contributed by atoms with E-state index in [0.29, 0.717) is 0 Å². The molecule has 0 radical (unpaired) electrons. The number of hydrogen-bond acceptors (Lipinski definition) is 3. The van der Waals surface area contributed by atoms with Crippen molar-refractivity contribution in [3.63, 3.8) is 0 Å². The highest BCUT2D eigenvalue weighted by molar-refractivity contribution is 5.78. The topological polar surface area (TPSA) is 70.1 Å². The molecule has 0 bridgehead atoms. The monoisotopic (exact) mass is 179 g/mol. The van der Waals surface area contributed by atoms with E-state index in [1.807, 2.05) is 0 Å². The van der Waals surface area contributed by atoms with Gasteiger partial charge >= 0.3 is 0 Å². The minimum atomic E-state index is -0.210. The van der Waals surface area contributed by atoms with Crippen LogP contribution in [0.25, 0.3) is 0 Å². The molecular formula is C9H13N3O. The molecule has 2 N–H and O–H groups in total. The highest BCUT2D eigenvalue weighted by atomic mass is 16.1. The van der Waals surface area contributed by atoms with Crippen LogP contribution in [0.5, 0.6) is 0 Å². The van der Waals surface area contributed by atoms with Gasteiger partial charge in [-0.25, -0.2) is 0 Å². The fourth-order valence-electron chi connectivity index (χ4n) is 1.76. The Labute approximate surface area is 77.3 Å². The molecule has 13 heavy (non-hydrogen) atoms. The van der Waals surface area contributed by atoms with Crippen LogP contribution in [0.3, 0.4) is 0 Å². The normalized spacial score (nSPS) is 26.1. The predicted molar refractivity (Wildman–Crippen MR) is 46.4 cm³/mol. The average Bonchev–Trinajstić information content (AvgIpc) is 2.76. The van der Waals surface area contributed by atoms with Crippen LogP contribution in [0.15, 0.2) is 0 Å². The van der Waals surface area contributed by atoms with E-state index >= 15 is 0 Å². The van der Waals surface area contributed by atoms with Crippen molar-refractivity contribution < 1.29 is 4.79 Å². The third-order valence-corrected chi connectivity index (χ3v) is 2.98. The smallest absolute Gasteiger partial charge is 0.223 e. The van der Waals surface area contributed by atoms with Gasteiger partial charge in [0.2, 0.25) is 5.91 Å². The molecule has 0 aromatic heterocycles. The van der Waals surface area contributed by atoms with Gasteiger partial charge < -0.3 is 10.6 Å². The van der Waals surface area contributed by atoms with Crippen LogP contribution in [0, 0.1) is 22.7 Å². The third-order valence-electron chi connectivity index (χ3n) is 2.98. The second-order valence-corrected chi connectivity index (χ2v) is 4.19. The van der Waals surface area contributed by atoms with Gasteiger partial charge in [-0.15, -0.1) is 0 Å². The van der Waals surface area contributed by atoms with Crippen LogP contribution in [0.4, 0.5) is 0 Å². The lowest BCUT2D eigenvalue weighted by molar-refractivity contribution is -0.127. The Morgan fingerprint density at radius 3 is 2.62 bits per heavy atom. The molecule has 1 saturated carbocycles. The van der Waals surface area contributed by atoms with Crippen molar-refractivity contribution in [3.8, 4) is 6.07 Å². The molecular weight excluding hydrogens is 166 g/mol. The molecule has 2 aliphatic rings. The van der Waals surface area contributed by atoms with E-state index < -0.39 is 0 Å². The first kappa shape index (κ1) is 8.52. The summed E-state index contributed by atoms with van der Waals surface area (Å²) in [4.78, 5) is 12.9. The molecule has 2 rings (SSSR count). The highest BCUT2D eigenvalue weighted by Gasteiger charge is 2.46. The van der Waals surface area contributed by atoms with Crippen LogP contribution < -0.4 is 5.73 Å². The maximum absolute atomic E-state index is 10.7. The lowest BCUT2D eigenvalue weighted by Crippen LogP contribution is -2.53. The molecule has 2 fully saturated rings. The van der Waals surface area contributed by atoms with Gasteiger partial charge in [0.05, 0.1) is 17.4 Å². The number of nitriles is 1. The number of rotatable bonds is 3. The molecule has 70 valence electrons. The van der Waals surface area contributed by atoms with Crippen LogP contribution in [-0.2, 0) is 4.79 Å². The van der Waals surface area contributed by atoms with Crippen LogP contribution in [-0.4, -0.2) is 30.4 Å². The Morgan fingerprint density at radius 1 is 1.62 bits per heavy atom. The van der Waals surface area contributed by atoms with E-state index in [9.17, 15) is 4.79 Å². The SMILES string of the molecule is N#CC1(CN2CC(C(N)=O)C2)CC1. The van der Waals surface area contributed by atoms with E-state index in [4.69, 9.17) is 11.0 Å². The lowest BCUT2D eigenvalue weighted by Gasteiger charge is -2.38. The molecule has 1 aliphatic heterocycles. The fourth-order valence-corrected chi connectivity index (χ4v) is 1.76. The first-order chi connectivity index (χ1) is 6.15. The van der Waals surface area contributed by atoms with Gasteiger partial charge in [0.25, 0.3) is 0 Å². The van der Waals surface area contributed by atoms with Gasteiger partial charge in [0.15, 0.2) is 0 Å². The minimum Gasteiger partial charge on any atom is -0.369 e. The lowest BCUT2D eigenvalue weighted by atomic mass is 9.97. The van der Waals surface area contributed by atoms with E-state index in [1.165, 1.54) is 0 Å². The summed E-state index contributed by atoms with van der Waals surface area (Å²) in [5, 5.41) is 8.83. The van der Waals surface area contributed by atoms with Crippen LogP contribution in [0.1, 0.15) is 12.8 Å². The standard InChI is InChI=1S/C9H13N3O/c10-5-9(1-2-9)6-12-3-7(4-12)8(11)13/h7H,1-4,6H2,(H2,11,13). The average molecular weight is 179 g/mol. The molecule has 4 nitrogen and oxygen atoms in total. The van der Waals surface area contributed by atoms with E-state index in [1.54, 1.807) is 0 Å². The Balaban J connectivity index is 1.76. The number of nitrogens with zero attached hydrogens (tertiary/aromatic N) is 2. The van der Waals surface area contributed by atoms with Crippen molar-refractivity contribution >= 4 is 5.91 Å². The number of nitrogens with two attached hydrogens (primary N) is 1. The molecule has 1 amide bonds. The number of primary amides is 1. The number of hydrogen-bond donors (Lipinski definition) is 1. The third kappa shape index (κ3) is 1.52. The molecule has 1 aliphatic carbocycles. The molecule has 4 heteroatoms. The Hall–Kier alpha value is -1.08. The number of likely N-dealkylation sites (tertiary alicyclic amines) is 1. The second-order valence-electron chi connectivity index (χ2n) is 4.19. The summed E-state index contributed by atoms with van der Waals surface area (Å²) in [6.45, 7) is 2.32. The van der Waals surface area contributed by atoms with E-state index in [2.05, 4.69) is 11.0 Å². The summed E-state index contributed by atoms with van der Waals surface area (Å²) in [7, 11) is 0. The van der Waals surface area contributed by atoms with Crippen LogP contribution in [0.2, 0.25) is 0 Å². The molecule has 0 aromatic rings. The molecule has 0 atom stereocenters. The highest BCUT2D eigenvalue weighted by Crippen LogP contribution is 2.46. The fraction of sp³-hybridized carbons (Fsp3) is 0.778. The maximum atomic E-state index is 10.7. The summed E-state index contributed by atoms with van der Waals surface area (Å²) >= 11 is 0. The zero-order valence-electron chi connectivity index (χ0n) is 7.49. The van der Waals surface area contributed by atoms with E-state index in [-0.39, 0.29) is 17.2 Å². The first-order valence-electron chi connectivity index (χ1n) is 4.58. The first-order valence-corrected chi connectivity index (χ1v) is 4.58. The Kier molecular flexibility index (Phi) is 1.77. The van der Waals surface area contributed by atoms with Crippen molar-refractivity contribution in [1.82, 2.24) is 4.90 Å². The summed E-state index contributed by atoms with van der Waals surface area (Å²) in [6.07, 6.45) is 2.03. The van der Waals surface area contributed by atoms with Crippen LogP contribution >= 0.6 is 0 Å². The molecule has 0 unspecified atom stereocenters. The molecule has 1 saturated heterocycles. The van der Waals surface area contributed by atoms with Gasteiger partial charge in [0.1, 0.15) is 0 Å². The van der Waals surface area contributed by atoms with Gasteiger partial charge in [0, 0.05) is 19.6 Å². The van der Waals surface area contributed by atoms with Crippen molar-refractivity contribution in [2.75, 3.05) is 19.6 Å². The van der Waals surface area contributed by atoms with E-state index in [0.717, 1.165) is 32.5 Å². The molecule has 0 aromatic carbocycles. The zero-order valence-corrected chi connectivity index (χ0v) is 7.49. The summed E-state index contributed by atoms with van der Waals surface area (Å²) in [6, 6.07) is 2.34. The number of carbonyl (C=O) groups is 1. The van der Waals surface area contributed by atoms with Gasteiger partial charge in [-0.3, -0.25) is 4.79 Å². The van der Waals surface area contributed by atoms with Crippen molar-refractivity contribution in [2.24, 2.45) is 17.1 Å². The number of amides is 1. The van der Waals surface area contributed by atoms with Crippen molar-refractivity contribution in [2.45, 2.75) is 12.8 Å². The summed E-state index contributed by atoms with van der Waals surface area (Å²) < 4.78 is 0. The molecule has 0 spiro atoms. The Morgan fingerprint density at radius 2 is 2.23 bits per heavy atom. The second kappa shape index (κ2) is 2.71. The van der Waals surface area contributed by atoms with Crippen molar-refractivity contribution in [3.05, 3.63) is 0 Å². The Bertz CT molecular complexity index is 271. The maximum Gasteiger partial charge on any atom is 0.223 e. The van der Waals surface area contributed by atoms with Gasteiger partial charge in [-0.05, 0) is 12.8 Å². The summed E-state index contributed by atoms with van der Waals surface area (Å²) in [5.41, 5.74) is 5.06. The van der Waals surface area contributed by atoms with Gasteiger partial charge in [-0.2, -0.15) is 5.26 Å². The number of carbonyl (C=O) groups excluding carboxylic acids is 1. The van der Waals surface area contributed by atoms with Crippen molar-refractivity contribution in [1.29, 1.82) is 5.26 Å². The minimum absolute atomic E-state index is 0.0227. The zero-order chi connectivity index (χ0) is 9.47. The quantitative estimate of drug-likeness (QED) is 0.647. The summed E-state index contributed by atoms with van der Waals surface area (Å²) in [5.74, 6) is -0.187. The largest absolute Gasteiger partial charge is 0.369 e. The van der Waals surface area contributed by atoms with Gasteiger partial charge in [-0.1, -0.05) is 0 Å². The molecule has 1 heterocycles.